The molecule has 114 valence electrons. The second kappa shape index (κ2) is 7.26. The van der Waals surface area contributed by atoms with Crippen molar-refractivity contribution in [1.82, 2.24) is 20.2 Å². The molecule has 1 aromatic carbocycles. The summed E-state index contributed by atoms with van der Waals surface area (Å²) in [7, 11) is 1.78. The van der Waals surface area contributed by atoms with Crippen molar-refractivity contribution in [2.75, 3.05) is 18.5 Å². The van der Waals surface area contributed by atoms with E-state index in [9.17, 15) is 0 Å². The van der Waals surface area contributed by atoms with Crippen LogP contribution in [0.25, 0.3) is 0 Å². The monoisotopic (exact) mass is 355 g/mol. The van der Waals surface area contributed by atoms with E-state index < -0.39 is 0 Å². The molecule has 21 heavy (non-hydrogen) atoms. The molecule has 0 aliphatic heterocycles. The Morgan fingerprint density at radius 1 is 1.19 bits per heavy atom. The van der Waals surface area contributed by atoms with Gasteiger partial charge in [0.15, 0.2) is 11.5 Å². The number of anilines is 1. The summed E-state index contributed by atoms with van der Waals surface area (Å²) in [5, 5.41) is 14.4. The Bertz CT molecular complexity index is 602. The van der Waals surface area contributed by atoms with Crippen LogP contribution in [-0.4, -0.2) is 33.4 Å². The first-order valence-electron chi connectivity index (χ1n) is 6.70. The van der Waals surface area contributed by atoms with E-state index in [-0.39, 0.29) is 0 Å². The molecule has 7 nitrogen and oxygen atoms in total. The highest BCUT2D eigenvalue weighted by atomic mass is 79.9. The standard InChI is InChI=1S/C13H18BrN5O2/c1-4-20-11-6-9(10(14)7-12(11)21-5-2)8-15-13-16-17-18-19(13)3/h6-7H,4-5,8H2,1-3H3,(H,15,16,18). The molecule has 0 saturated carbocycles. The summed E-state index contributed by atoms with van der Waals surface area (Å²) in [5.74, 6) is 2.07. The predicted molar refractivity (Wildman–Crippen MR) is 82.6 cm³/mol. The summed E-state index contributed by atoms with van der Waals surface area (Å²) in [4.78, 5) is 0. The molecular formula is C13H18BrN5O2. The zero-order chi connectivity index (χ0) is 15.2. The molecule has 0 fully saturated rings. The van der Waals surface area contributed by atoms with Gasteiger partial charge in [0.2, 0.25) is 5.95 Å². The van der Waals surface area contributed by atoms with E-state index >= 15 is 0 Å². The highest BCUT2D eigenvalue weighted by Crippen LogP contribution is 2.34. The van der Waals surface area contributed by atoms with Gasteiger partial charge in [-0.25, -0.2) is 4.68 Å². The molecule has 0 amide bonds. The fourth-order valence-corrected chi connectivity index (χ4v) is 2.27. The number of nitrogens with one attached hydrogen (secondary N) is 1. The van der Waals surface area contributed by atoms with Gasteiger partial charge < -0.3 is 14.8 Å². The van der Waals surface area contributed by atoms with Crippen molar-refractivity contribution in [2.45, 2.75) is 20.4 Å². The lowest BCUT2D eigenvalue weighted by atomic mass is 10.2. The van der Waals surface area contributed by atoms with Crippen LogP contribution in [-0.2, 0) is 13.6 Å². The summed E-state index contributed by atoms with van der Waals surface area (Å²) < 4.78 is 13.7. The third-order valence-electron chi connectivity index (χ3n) is 2.77. The zero-order valence-corrected chi connectivity index (χ0v) is 13.8. The fourth-order valence-electron chi connectivity index (χ4n) is 1.80. The van der Waals surface area contributed by atoms with Gasteiger partial charge in [-0.1, -0.05) is 21.0 Å². The van der Waals surface area contributed by atoms with E-state index in [0.717, 1.165) is 21.5 Å². The van der Waals surface area contributed by atoms with Gasteiger partial charge >= 0.3 is 0 Å². The minimum absolute atomic E-state index is 0.571. The van der Waals surface area contributed by atoms with Crippen LogP contribution >= 0.6 is 15.9 Å². The molecule has 1 heterocycles. The Morgan fingerprint density at radius 2 is 1.86 bits per heavy atom. The van der Waals surface area contributed by atoms with Crippen molar-refractivity contribution in [3.8, 4) is 11.5 Å². The quantitative estimate of drug-likeness (QED) is 0.821. The Labute approximate surface area is 131 Å². The van der Waals surface area contributed by atoms with Gasteiger partial charge in [-0.15, -0.1) is 0 Å². The number of ether oxygens (including phenoxy) is 2. The minimum atomic E-state index is 0.571. The number of halogens is 1. The van der Waals surface area contributed by atoms with Crippen LogP contribution < -0.4 is 14.8 Å². The molecule has 0 bridgehead atoms. The molecule has 1 aromatic heterocycles. The van der Waals surface area contributed by atoms with Crippen molar-refractivity contribution < 1.29 is 9.47 Å². The second-order valence-electron chi connectivity index (χ2n) is 4.24. The normalized spacial score (nSPS) is 10.5. The number of rotatable bonds is 7. The molecule has 0 aliphatic rings. The number of hydrogen-bond donors (Lipinski definition) is 1. The number of tetrazole rings is 1. The van der Waals surface area contributed by atoms with Gasteiger partial charge in [-0.3, -0.25) is 0 Å². The molecule has 0 spiro atoms. The Kier molecular flexibility index (Phi) is 5.38. The molecule has 2 aromatic rings. The molecule has 1 N–H and O–H groups in total. The number of aromatic nitrogens is 4. The minimum Gasteiger partial charge on any atom is -0.490 e. The van der Waals surface area contributed by atoms with E-state index in [1.54, 1.807) is 11.7 Å². The van der Waals surface area contributed by atoms with Gasteiger partial charge in [0, 0.05) is 18.1 Å². The Balaban J connectivity index is 2.18. The zero-order valence-electron chi connectivity index (χ0n) is 12.3. The SMILES string of the molecule is CCOc1cc(Br)c(CNc2nnnn2C)cc1OCC. The number of nitrogens with zero attached hydrogens (tertiary/aromatic N) is 4. The van der Waals surface area contributed by atoms with Gasteiger partial charge in [0.25, 0.3) is 0 Å². The van der Waals surface area contributed by atoms with Crippen LogP contribution in [0, 0.1) is 0 Å². The highest BCUT2D eigenvalue weighted by Gasteiger charge is 2.11. The maximum atomic E-state index is 5.63. The second-order valence-corrected chi connectivity index (χ2v) is 5.09. The van der Waals surface area contributed by atoms with Gasteiger partial charge in [-0.05, 0) is 42.0 Å². The molecule has 0 atom stereocenters. The van der Waals surface area contributed by atoms with Crippen LogP contribution in [0.1, 0.15) is 19.4 Å². The van der Waals surface area contributed by atoms with Crippen molar-refractivity contribution >= 4 is 21.9 Å². The highest BCUT2D eigenvalue weighted by molar-refractivity contribution is 9.10. The van der Waals surface area contributed by atoms with E-state index in [1.165, 1.54) is 0 Å². The third-order valence-corrected chi connectivity index (χ3v) is 3.51. The Morgan fingerprint density at radius 3 is 2.43 bits per heavy atom. The average Bonchev–Trinajstić information content (AvgIpc) is 2.86. The average molecular weight is 356 g/mol. The Hall–Kier alpha value is -1.83. The lowest BCUT2D eigenvalue weighted by molar-refractivity contribution is 0.287. The number of aryl methyl sites for hydroxylation is 1. The van der Waals surface area contributed by atoms with Crippen molar-refractivity contribution in [1.29, 1.82) is 0 Å². The first-order chi connectivity index (χ1) is 10.2. The maximum Gasteiger partial charge on any atom is 0.242 e. The molecule has 8 heteroatoms. The van der Waals surface area contributed by atoms with Gasteiger partial charge in [-0.2, -0.15) is 0 Å². The summed E-state index contributed by atoms with van der Waals surface area (Å²) in [6, 6.07) is 3.87. The summed E-state index contributed by atoms with van der Waals surface area (Å²) in [6.45, 7) is 5.64. The molecule has 0 saturated heterocycles. The predicted octanol–water partition coefficient (Wildman–Crippen LogP) is 2.38. The number of benzene rings is 1. The van der Waals surface area contributed by atoms with Crippen LogP contribution in [0.4, 0.5) is 5.95 Å². The summed E-state index contributed by atoms with van der Waals surface area (Å²) in [6.07, 6.45) is 0. The summed E-state index contributed by atoms with van der Waals surface area (Å²) >= 11 is 3.55. The molecule has 0 unspecified atom stereocenters. The molecule has 2 rings (SSSR count). The first-order valence-corrected chi connectivity index (χ1v) is 7.49. The molecule has 0 aliphatic carbocycles. The van der Waals surface area contributed by atoms with Crippen molar-refractivity contribution in [2.24, 2.45) is 7.05 Å². The van der Waals surface area contributed by atoms with Crippen molar-refractivity contribution in [3.05, 3.63) is 22.2 Å². The van der Waals surface area contributed by atoms with Gasteiger partial charge in [0.1, 0.15) is 0 Å². The van der Waals surface area contributed by atoms with E-state index in [4.69, 9.17) is 9.47 Å². The molecule has 0 radical (unpaired) electrons. The van der Waals surface area contributed by atoms with E-state index in [0.29, 0.717) is 25.7 Å². The smallest absolute Gasteiger partial charge is 0.242 e. The van der Waals surface area contributed by atoms with Crippen molar-refractivity contribution in [3.63, 3.8) is 0 Å². The molecular weight excluding hydrogens is 338 g/mol. The third kappa shape index (κ3) is 3.84. The van der Waals surface area contributed by atoms with E-state index in [1.807, 2.05) is 26.0 Å². The van der Waals surface area contributed by atoms with Gasteiger partial charge in [0.05, 0.1) is 13.2 Å². The lowest BCUT2D eigenvalue weighted by Crippen LogP contribution is -2.07. The fraction of sp³-hybridized carbons (Fsp3) is 0.462. The van der Waals surface area contributed by atoms with Crippen LogP contribution in [0.15, 0.2) is 16.6 Å². The summed E-state index contributed by atoms with van der Waals surface area (Å²) in [5.41, 5.74) is 1.03. The van der Waals surface area contributed by atoms with Crippen LogP contribution in [0.5, 0.6) is 11.5 Å². The largest absolute Gasteiger partial charge is 0.490 e. The number of hydrogen-bond acceptors (Lipinski definition) is 6. The maximum absolute atomic E-state index is 5.63. The first kappa shape index (κ1) is 15.6. The van der Waals surface area contributed by atoms with E-state index in [2.05, 4.69) is 36.8 Å². The topological polar surface area (TPSA) is 74.1 Å². The van der Waals surface area contributed by atoms with Crippen LogP contribution in [0.3, 0.4) is 0 Å². The lowest BCUT2D eigenvalue weighted by Gasteiger charge is -2.14. The van der Waals surface area contributed by atoms with Crippen LogP contribution in [0.2, 0.25) is 0 Å².